The lowest BCUT2D eigenvalue weighted by Crippen LogP contribution is -2.15. The van der Waals surface area contributed by atoms with Crippen molar-refractivity contribution in [3.8, 4) is 23.1 Å². The van der Waals surface area contributed by atoms with Crippen molar-refractivity contribution in [3.63, 3.8) is 0 Å². The van der Waals surface area contributed by atoms with Crippen molar-refractivity contribution in [2.45, 2.75) is 5.92 Å². The van der Waals surface area contributed by atoms with Crippen LogP contribution in [0.1, 0.15) is 22.6 Å². The van der Waals surface area contributed by atoms with Crippen molar-refractivity contribution in [1.29, 1.82) is 0 Å². The average Bonchev–Trinajstić information content (AvgIpc) is 3.33. The molecule has 0 saturated carbocycles. The monoisotopic (exact) mass is 427 g/mol. The Morgan fingerprint density at radius 2 is 1.61 bits per heavy atom. The normalized spacial score (nSPS) is 14.6. The summed E-state index contributed by atoms with van der Waals surface area (Å²) >= 11 is 0. The number of ether oxygens (including phenoxy) is 1. The lowest BCUT2D eigenvalue weighted by Gasteiger charge is -2.29. The summed E-state index contributed by atoms with van der Waals surface area (Å²) in [6.45, 7) is 0. The molecule has 0 N–H and O–H groups in total. The topological polar surface area (TPSA) is 65.2 Å². The Labute approximate surface area is 189 Å². The molecule has 3 aromatic heterocycles. The molecule has 6 heteroatoms. The first kappa shape index (κ1) is 18.0. The third kappa shape index (κ3) is 2.74. The smallest absolute Gasteiger partial charge is 0.228 e. The third-order valence-electron chi connectivity index (χ3n) is 6.13. The fourth-order valence-electron chi connectivity index (χ4n) is 4.69. The molecular formula is C27H17N5O. The molecule has 1 aliphatic rings. The van der Waals surface area contributed by atoms with E-state index in [0.717, 1.165) is 27.8 Å². The average molecular weight is 427 g/mol. The van der Waals surface area contributed by atoms with E-state index in [1.165, 1.54) is 5.39 Å². The molecule has 6 aromatic rings. The first-order valence-corrected chi connectivity index (χ1v) is 10.8. The van der Waals surface area contributed by atoms with E-state index in [-0.39, 0.29) is 5.92 Å². The van der Waals surface area contributed by atoms with Crippen LogP contribution >= 0.6 is 0 Å². The van der Waals surface area contributed by atoms with Crippen molar-refractivity contribution < 1.29 is 4.74 Å². The predicted molar refractivity (Wildman–Crippen MR) is 125 cm³/mol. The van der Waals surface area contributed by atoms with Gasteiger partial charge in [0.2, 0.25) is 11.7 Å². The van der Waals surface area contributed by atoms with E-state index in [1.54, 1.807) is 17.0 Å². The van der Waals surface area contributed by atoms with Crippen molar-refractivity contribution in [3.05, 3.63) is 114 Å². The zero-order valence-electron chi connectivity index (χ0n) is 17.5. The molecule has 0 spiro atoms. The number of benzene rings is 3. The summed E-state index contributed by atoms with van der Waals surface area (Å²) in [5, 5.41) is 6.98. The van der Waals surface area contributed by atoms with Crippen LogP contribution in [0.25, 0.3) is 27.9 Å². The van der Waals surface area contributed by atoms with E-state index in [4.69, 9.17) is 9.72 Å². The first-order valence-electron chi connectivity index (χ1n) is 10.8. The number of hydrogen-bond donors (Lipinski definition) is 0. The van der Waals surface area contributed by atoms with Gasteiger partial charge in [-0.05, 0) is 34.5 Å². The molecule has 4 heterocycles. The quantitative estimate of drug-likeness (QED) is 0.358. The Balaban J connectivity index is 1.55. The standard InChI is InChI=1S/C27H17N5O/c1-2-9-18(10-3-1)22-23-19-11-5-4-8-17(19)13-14-21(23)33-27-24(22)26-30-25(31-32(26)16-29-27)20-12-6-7-15-28-20/h1-16,22H/t22-/m1/s1. The van der Waals surface area contributed by atoms with E-state index in [9.17, 15) is 0 Å². The minimum atomic E-state index is -0.104. The van der Waals surface area contributed by atoms with Crippen LogP contribution in [-0.4, -0.2) is 24.6 Å². The van der Waals surface area contributed by atoms with Gasteiger partial charge in [0.1, 0.15) is 17.8 Å². The van der Waals surface area contributed by atoms with Gasteiger partial charge < -0.3 is 4.74 Å². The second-order valence-electron chi connectivity index (χ2n) is 8.03. The van der Waals surface area contributed by atoms with Crippen molar-refractivity contribution in [2.24, 2.45) is 0 Å². The van der Waals surface area contributed by atoms with E-state index < -0.39 is 0 Å². The zero-order chi connectivity index (χ0) is 21.8. The highest BCUT2D eigenvalue weighted by molar-refractivity contribution is 5.90. The van der Waals surface area contributed by atoms with Crippen LogP contribution in [0.3, 0.4) is 0 Å². The van der Waals surface area contributed by atoms with E-state index in [2.05, 4.69) is 69.7 Å². The maximum atomic E-state index is 6.35. The van der Waals surface area contributed by atoms with Crippen LogP contribution in [0, 0.1) is 0 Å². The molecule has 1 aliphatic heterocycles. The lowest BCUT2D eigenvalue weighted by molar-refractivity contribution is 0.433. The summed E-state index contributed by atoms with van der Waals surface area (Å²) in [6, 6.07) is 28.7. The zero-order valence-corrected chi connectivity index (χ0v) is 17.5. The van der Waals surface area contributed by atoms with Crippen LogP contribution in [0.4, 0.5) is 0 Å². The van der Waals surface area contributed by atoms with Gasteiger partial charge in [-0.15, -0.1) is 5.10 Å². The Morgan fingerprint density at radius 3 is 2.48 bits per heavy atom. The SMILES string of the molecule is c1ccc([C@@H]2c3c(ccc4ccccc34)Oc3ncn4nc(-c5ccccn5)nc4c32)cc1. The molecule has 7 rings (SSSR count). The van der Waals surface area contributed by atoms with E-state index in [0.29, 0.717) is 23.0 Å². The highest BCUT2D eigenvalue weighted by atomic mass is 16.5. The third-order valence-corrected chi connectivity index (χ3v) is 6.13. The number of nitrogens with zero attached hydrogens (tertiary/aromatic N) is 5. The fourth-order valence-corrected chi connectivity index (χ4v) is 4.69. The highest BCUT2D eigenvalue weighted by Crippen LogP contribution is 2.50. The fraction of sp³-hybridized carbons (Fsp3) is 0.0370. The summed E-state index contributed by atoms with van der Waals surface area (Å²) in [5.74, 6) is 1.82. The molecule has 3 aromatic carbocycles. The molecule has 0 bridgehead atoms. The molecule has 0 aliphatic carbocycles. The highest BCUT2D eigenvalue weighted by Gasteiger charge is 2.34. The number of aromatic nitrogens is 5. The first-order chi connectivity index (χ1) is 16.4. The second kappa shape index (κ2) is 6.97. The molecule has 156 valence electrons. The van der Waals surface area contributed by atoms with Gasteiger partial charge in [0, 0.05) is 17.7 Å². The van der Waals surface area contributed by atoms with E-state index >= 15 is 0 Å². The predicted octanol–water partition coefficient (Wildman–Crippen LogP) is 5.63. The molecule has 6 nitrogen and oxygen atoms in total. The second-order valence-corrected chi connectivity index (χ2v) is 8.03. The van der Waals surface area contributed by atoms with Gasteiger partial charge in [-0.25, -0.2) is 14.5 Å². The van der Waals surface area contributed by atoms with Crippen LogP contribution < -0.4 is 4.74 Å². The lowest BCUT2D eigenvalue weighted by atomic mass is 9.81. The van der Waals surface area contributed by atoms with Crippen LogP contribution in [-0.2, 0) is 0 Å². The summed E-state index contributed by atoms with van der Waals surface area (Å²) in [7, 11) is 0. The Kier molecular flexibility index (Phi) is 3.81. The van der Waals surface area contributed by atoms with Gasteiger partial charge in [-0.1, -0.05) is 66.7 Å². The van der Waals surface area contributed by atoms with Gasteiger partial charge in [-0.3, -0.25) is 4.98 Å². The molecule has 0 fully saturated rings. The minimum absolute atomic E-state index is 0.104. The van der Waals surface area contributed by atoms with Gasteiger partial charge in [0.25, 0.3) is 0 Å². The number of fused-ring (bicyclic) bond motifs is 6. The summed E-state index contributed by atoms with van der Waals surface area (Å²) in [4.78, 5) is 13.9. The minimum Gasteiger partial charge on any atom is -0.438 e. The van der Waals surface area contributed by atoms with Crippen LogP contribution in [0.15, 0.2) is 97.5 Å². The van der Waals surface area contributed by atoms with Crippen LogP contribution in [0.5, 0.6) is 11.6 Å². The molecule has 0 saturated heterocycles. The largest absolute Gasteiger partial charge is 0.438 e. The number of pyridine rings is 1. The van der Waals surface area contributed by atoms with E-state index in [1.807, 2.05) is 30.3 Å². The number of hydrogen-bond acceptors (Lipinski definition) is 5. The van der Waals surface area contributed by atoms with Crippen molar-refractivity contribution in [2.75, 3.05) is 0 Å². The number of rotatable bonds is 2. The molecular weight excluding hydrogens is 410 g/mol. The van der Waals surface area contributed by atoms with Crippen molar-refractivity contribution in [1.82, 2.24) is 24.6 Å². The summed E-state index contributed by atoms with van der Waals surface area (Å²) < 4.78 is 8.07. The molecule has 0 radical (unpaired) electrons. The summed E-state index contributed by atoms with van der Waals surface area (Å²) in [6.07, 6.45) is 3.40. The molecule has 1 atom stereocenters. The Bertz CT molecular complexity index is 1640. The van der Waals surface area contributed by atoms with Gasteiger partial charge in [-0.2, -0.15) is 0 Å². The molecule has 0 amide bonds. The van der Waals surface area contributed by atoms with Gasteiger partial charge >= 0.3 is 0 Å². The van der Waals surface area contributed by atoms with Gasteiger partial charge in [0.15, 0.2) is 5.65 Å². The van der Waals surface area contributed by atoms with Gasteiger partial charge in [0.05, 0.1) is 5.56 Å². The molecule has 33 heavy (non-hydrogen) atoms. The maximum absolute atomic E-state index is 6.35. The van der Waals surface area contributed by atoms with Crippen molar-refractivity contribution >= 4 is 16.4 Å². The maximum Gasteiger partial charge on any atom is 0.228 e. The molecule has 0 unspecified atom stereocenters. The Morgan fingerprint density at radius 1 is 0.758 bits per heavy atom. The van der Waals surface area contributed by atoms with Crippen LogP contribution in [0.2, 0.25) is 0 Å². The Hall–Kier alpha value is -4.58. The summed E-state index contributed by atoms with van der Waals surface area (Å²) in [5.41, 5.74) is 4.60.